The second-order valence-corrected chi connectivity index (χ2v) is 5.26. The third-order valence-electron chi connectivity index (χ3n) is 3.74. The number of halogens is 3. The fourth-order valence-corrected chi connectivity index (χ4v) is 2.55. The number of anilines is 1. The molecule has 0 amide bonds. The van der Waals surface area contributed by atoms with Crippen molar-refractivity contribution in [1.82, 2.24) is 5.32 Å². The van der Waals surface area contributed by atoms with Crippen LogP contribution in [0.25, 0.3) is 0 Å². The van der Waals surface area contributed by atoms with E-state index in [1.165, 1.54) is 0 Å². The zero-order valence-electron chi connectivity index (χ0n) is 11.7. The van der Waals surface area contributed by atoms with Crippen molar-refractivity contribution in [2.24, 2.45) is 0 Å². The topological polar surface area (TPSA) is 15.3 Å². The van der Waals surface area contributed by atoms with Crippen LogP contribution in [0.2, 0.25) is 0 Å². The molecule has 1 aliphatic rings. The second kappa shape index (κ2) is 6.48. The van der Waals surface area contributed by atoms with E-state index in [9.17, 15) is 13.2 Å². The van der Waals surface area contributed by atoms with Crippen LogP contribution in [0.15, 0.2) is 24.3 Å². The van der Waals surface area contributed by atoms with Gasteiger partial charge in [-0.05, 0) is 50.1 Å². The number of piperidine rings is 1. The first-order valence-corrected chi connectivity index (χ1v) is 7.16. The first-order valence-electron chi connectivity index (χ1n) is 7.16. The Morgan fingerprint density at radius 1 is 1.15 bits per heavy atom. The van der Waals surface area contributed by atoms with Crippen molar-refractivity contribution < 1.29 is 13.2 Å². The van der Waals surface area contributed by atoms with E-state index in [2.05, 4.69) is 17.1 Å². The lowest BCUT2D eigenvalue weighted by Crippen LogP contribution is -2.42. The maximum atomic E-state index is 12.5. The van der Waals surface area contributed by atoms with Crippen LogP contribution in [0.1, 0.15) is 31.7 Å². The zero-order valence-corrected chi connectivity index (χ0v) is 11.7. The number of benzene rings is 1. The number of hydrogen-bond acceptors (Lipinski definition) is 2. The highest BCUT2D eigenvalue weighted by Gasteiger charge is 2.30. The number of hydrogen-bond donors (Lipinski definition) is 1. The quantitative estimate of drug-likeness (QED) is 0.908. The largest absolute Gasteiger partial charge is 0.416 e. The molecule has 0 saturated carbocycles. The van der Waals surface area contributed by atoms with E-state index in [0.29, 0.717) is 6.04 Å². The molecule has 2 rings (SSSR count). The second-order valence-electron chi connectivity index (χ2n) is 5.26. The Morgan fingerprint density at radius 3 is 2.25 bits per heavy atom. The molecule has 2 nitrogen and oxygen atoms in total. The molecule has 0 radical (unpaired) electrons. The fraction of sp³-hybridized carbons (Fsp3) is 0.600. The highest BCUT2D eigenvalue weighted by atomic mass is 19.4. The Labute approximate surface area is 118 Å². The van der Waals surface area contributed by atoms with Crippen molar-refractivity contribution in [3.8, 4) is 0 Å². The normalized spacial score (nSPS) is 17.5. The van der Waals surface area contributed by atoms with Crippen molar-refractivity contribution in [2.45, 2.75) is 38.4 Å². The van der Waals surface area contributed by atoms with Gasteiger partial charge in [0.1, 0.15) is 0 Å². The SMILES string of the molecule is CCCNC1CCN(c2ccc(C(F)(F)F)cc2)CC1. The summed E-state index contributed by atoms with van der Waals surface area (Å²) in [5.41, 5.74) is 0.299. The smallest absolute Gasteiger partial charge is 0.371 e. The van der Waals surface area contributed by atoms with Crippen LogP contribution in [0.3, 0.4) is 0 Å². The highest BCUT2D eigenvalue weighted by molar-refractivity contribution is 5.48. The molecule has 1 saturated heterocycles. The molecule has 0 spiro atoms. The molecular weight excluding hydrogens is 265 g/mol. The van der Waals surface area contributed by atoms with Gasteiger partial charge in [-0.2, -0.15) is 13.2 Å². The summed E-state index contributed by atoms with van der Waals surface area (Å²) in [4.78, 5) is 2.16. The number of nitrogens with zero attached hydrogens (tertiary/aromatic N) is 1. The van der Waals surface area contributed by atoms with Gasteiger partial charge in [0.25, 0.3) is 0 Å². The molecule has 1 fully saturated rings. The monoisotopic (exact) mass is 286 g/mol. The van der Waals surface area contributed by atoms with Gasteiger partial charge in [-0.1, -0.05) is 6.92 Å². The molecule has 1 N–H and O–H groups in total. The maximum absolute atomic E-state index is 12.5. The lowest BCUT2D eigenvalue weighted by atomic mass is 10.0. The van der Waals surface area contributed by atoms with Crippen molar-refractivity contribution in [3.63, 3.8) is 0 Å². The van der Waals surface area contributed by atoms with Crippen LogP contribution >= 0.6 is 0 Å². The minimum atomic E-state index is -4.25. The standard InChI is InChI=1S/C15H21F3N2/c1-2-9-19-13-7-10-20(11-8-13)14-5-3-12(4-6-14)15(16,17)18/h3-6,13,19H,2,7-11H2,1H3. The first kappa shape index (κ1) is 15.2. The summed E-state index contributed by atoms with van der Waals surface area (Å²) in [7, 11) is 0. The van der Waals surface area contributed by atoms with Crippen LogP contribution in [-0.4, -0.2) is 25.7 Å². The minimum Gasteiger partial charge on any atom is -0.371 e. The Morgan fingerprint density at radius 2 is 1.75 bits per heavy atom. The van der Waals surface area contributed by atoms with E-state index >= 15 is 0 Å². The van der Waals surface area contributed by atoms with E-state index in [1.54, 1.807) is 12.1 Å². The van der Waals surface area contributed by atoms with E-state index < -0.39 is 11.7 Å². The van der Waals surface area contributed by atoms with E-state index in [-0.39, 0.29) is 0 Å². The molecular formula is C15H21F3N2. The van der Waals surface area contributed by atoms with Crippen LogP contribution in [-0.2, 0) is 6.18 Å². The summed E-state index contributed by atoms with van der Waals surface area (Å²) in [6, 6.07) is 6.01. The molecule has 0 bridgehead atoms. The number of nitrogens with one attached hydrogen (secondary N) is 1. The molecule has 1 aliphatic heterocycles. The number of rotatable bonds is 4. The molecule has 1 aromatic rings. The predicted molar refractivity (Wildman–Crippen MR) is 75.0 cm³/mol. The molecule has 20 heavy (non-hydrogen) atoms. The Kier molecular flexibility index (Phi) is 4.91. The summed E-state index contributed by atoms with van der Waals surface area (Å²) in [6.45, 7) is 4.97. The molecule has 0 aromatic heterocycles. The molecule has 0 aliphatic carbocycles. The van der Waals surface area contributed by atoms with Crippen molar-refractivity contribution in [1.29, 1.82) is 0 Å². The number of alkyl halides is 3. The van der Waals surface area contributed by atoms with Crippen molar-refractivity contribution in [3.05, 3.63) is 29.8 Å². The fourth-order valence-electron chi connectivity index (χ4n) is 2.55. The molecule has 5 heteroatoms. The van der Waals surface area contributed by atoms with E-state index in [0.717, 1.165) is 56.7 Å². The van der Waals surface area contributed by atoms with E-state index in [4.69, 9.17) is 0 Å². The summed E-state index contributed by atoms with van der Waals surface area (Å²) in [6.07, 6.45) is -1.04. The van der Waals surface area contributed by atoms with Gasteiger partial charge in [0, 0.05) is 24.8 Å². The van der Waals surface area contributed by atoms with Crippen molar-refractivity contribution in [2.75, 3.05) is 24.5 Å². The van der Waals surface area contributed by atoms with E-state index in [1.807, 2.05) is 0 Å². The van der Waals surface area contributed by atoms with Crippen LogP contribution < -0.4 is 10.2 Å². The van der Waals surface area contributed by atoms with Gasteiger partial charge in [-0.3, -0.25) is 0 Å². The zero-order chi connectivity index (χ0) is 14.6. The van der Waals surface area contributed by atoms with Gasteiger partial charge in [0.2, 0.25) is 0 Å². The Hall–Kier alpha value is -1.23. The van der Waals surface area contributed by atoms with Gasteiger partial charge in [-0.15, -0.1) is 0 Å². The summed E-state index contributed by atoms with van der Waals surface area (Å²) < 4.78 is 37.5. The third kappa shape index (κ3) is 3.88. The average Bonchev–Trinajstić information content (AvgIpc) is 2.45. The lowest BCUT2D eigenvalue weighted by molar-refractivity contribution is -0.137. The molecule has 0 unspecified atom stereocenters. The van der Waals surface area contributed by atoms with Crippen LogP contribution in [0.5, 0.6) is 0 Å². The Balaban J connectivity index is 1.90. The third-order valence-corrected chi connectivity index (χ3v) is 3.74. The molecule has 0 atom stereocenters. The van der Waals surface area contributed by atoms with Gasteiger partial charge in [-0.25, -0.2) is 0 Å². The van der Waals surface area contributed by atoms with Gasteiger partial charge < -0.3 is 10.2 Å². The molecule has 112 valence electrons. The maximum Gasteiger partial charge on any atom is 0.416 e. The predicted octanol–water partition coefficient (Wildman–Crippen LogP) is 3.67. The van der Waals surface area contributed by atoms with Crippen molar-refractivity contribution >= 4 is 5.69 Å². The average molecular weight is 286 g/mol. The highest BCUT2D eigenvalue weighted by Crippen LogP contribution is 2.31. The molecule has 1 aromatic carbocycles. The van der Waals surface area contributed by atoms with Crippen LogP contribution in [0.4, 0.5) is 18.9 Å². The first-order chi connectivity index (χ1) is 9.50. The lowest BCUT2D eigenvalue weighted by Gasteiger charge is -2.34. The van der Waals surface area contributed by atoms with Gasteiger partial charge in [0.15, 0.2) is 0 Å². The molecule has 1 heterocycles. The summed E-state index contributed by atoms with van der Waals surface area (Å²) in [5, 5.41) is 3.50. The Bertz CT molecular complexity index is 406. The van der Waals surface area contributed by atoms with Crippen LogP contribution in [0, 0.1) is 0 Å². The minimum absolute atomic E-state index is 0.542. The summed E-state index contributed by atoms with van der Waals surface area (Å²) in [5.74, 6) is 0. The van der Waals surface area contributed by atoms with Gasteiger partial charge >= 0.3 is 6.18 Å². The van der Waals surface area contributed by atoms with Gasteiger partial charge in [0.05, 0.1) is 5.56 Å². The summed E-state index contributed by atoms with van der Waals surface area (Å²) >= 11 is 0.